The van der Waals surface area contributed by atoms with E-state index < -0.39 is 0 Å². The van der Waals surface area contributed by atoms with E-state index in [1.807, 2.05) is 18.2 Å². The predicted molar refractivity (Wildman–Crippen MR) is 105 cm³/mol. The Balaban J connectivity index is 0.00000242. The fraction of sp³-hybridized carbons (Fsp3) is 0.471. The molecule has 2 aromatic rings. The van der Waals surface area contributed by atoms with Gasteiger partial charge in [-0.2, -0.15) is 0 Å². The van der Waals surface area contributed by atoms with Crippen molar-refractivity contribution in [3.63, 3.8) is 0 Å². The van der Waals surface area contributed by atoms with Gasteiger partial charge in [0.1, 0.15) is 0 Å². The van der Waals surface area contributed by atoms with Crippen molar-refractivity contribution in [2.24, 2.45) is 11.1 Å². The molecule has 1 aromatic carbocycles. The summed E-state index contributed by atoms with van der Waals surface area (Å²) < 4.78 is 0. The van der Waals surface area contributed by atoms with Gasteiger partial charge in [0.15, 0.2) is 0 Å². The van der Waals surface area contributed by atoms with Gasteiger partial charge < -0.3 is 5.73 Å². The quantitative estimate of drug-likeness (QED) is 0.835. The van der Waals surface area contributed by atoms with Crippen LogP contribution in [0.15, 0.2) is 24.3 Å². The second-order valence-electron chi connectivity index (χ2n) is 6.56. The van der Waals surface area contributed by atoms with Crippen LogP contribution < -0.4 is 5.73 Å². The molecule has 0 saturated carbocycles. The molecule has 0 fully saturated rings. The number of fused-ring (bicyclic) bond motifs is 1. The maximum Gasteiger partial charge on any atom is 0.0740 e. The smallest absolute Gasteiger partial charge is 0.0740 e. The molecule has 0 aliphatic rings. The van der Waals surface area contributed by atoms with Crippen molar-refractivity contribution >= 4 is 47.3 Å². The summed E-state index contributed by atoms with van der Waals surface area (Å²) in [5.74, 6) is 0. The van der Waals surface area contributed by atoms with Crippen molar-refractivity contribution in [2.75, 3.05) is 20.1 Å². The standard InChI is InChI=1S/C17H24ClN3.2ClH/c1-12-13-7-5-6-8-14(13)20-15(16(12)18)9-21(4)11-17(2,3)10-19;;/h5-8H,9-11,19H2,1-4H3;2*1H. The number of pyridine rings is 1. The minimum absolute atomic E-state index is 0. The molecular weight excluding hydrogens is 353 g/mol. The molecule has 0 amide bonds. The molecule has 0 aliphatic heterocycles. The Hall–Kier alpha value is -0.580. The molecule has 0 saturated heterocycles. The van der Waals surface area contributed by atoms with E-state index in [0.29, 0.717) is 6.54 Å². The van der Waals surface area contributed by atoms with Crippen molar-refractivity contribution in [2.45, 2.75) is 27.3 Å². The summed E-state index contributed by atoms with van der Waals surface area (Å²) in [5.41, 5.74) is 8.93. The number of aromatic nitrogens is 1. The van der Waals surface area contributed by atoms with Gasteiger partial charge in [-0.05, 0) is 37.6 Å². The first-order valence-corrected chi connectivity index (χ1v) is 7.64. The third kappa shape index (κ3) is 5.47. The molecule has 0 aliphatic carbocycles. The lowest BCUT2D eigenvalue weighted by atomic mass is 9.93. The second-order valence-corrected chi connectivity index (χ2v) is 6.93. The molecule has 0 unspecified atom stereocenters. The Morgan fingerprint density at radius 3 is 2.43 bits per heavy atom. The summed E-state index contributed by atoms with van der Waals surface area (Å²) >= 11 is 6.51. The molecule has 130 valence electrons. The topological polar surface area (TPSA) is 42.1 Å². The maximum absolute atomic E-state index is 6.51. The number of rotatable bonds is 5. The highest BCUT2D eigenvalue weighted by molar-refractivity contribution is 6.32. The average Bonchev–Trinajstić information content (AvgIpc) is 2.44. The minimum atomic E-state index is 0. The molecule has 0 spiro atoms. The molecule has 1 heterocycles. The monoisotopic (exact) mass is 377 g/mol. The Bertz CT molecular complexity index is 644. The number of hydrogen-bond acceptors (Lipinski definition) is 3. The van der Waals surface area contributed by atoms with Crippen molar-refractivity contribution in [3.05, 3.63) is 40.5 Å². The number of halogens is 3. The molecule has 1 aromatic heterocycles. The third-order valence-electron chi connectivity index (χ3n) is 3.82. The van der Waals surface area contributed by atoms with Gasteiger partial charge in [-0.3, -0.25) is 4.90 Å². The van der Waals surface area contributed by atoms with E-state index in [0.717, 1.165) is 40.3 Å². The summed E-state index contributed by atoms with van der Waals surface area (Å²) in [7, 11) is 2.08. The molecule has 23 heavy (non-hydrogen) atoms. The van der Waals surface area contributed by atoms with Gasteiger partial charge in [0.2, 0.25) is 0 Å². The molecule has 6 heteroatoms. The zero-order chi connectivity index (χ0) is 15.6. The first-order chi connectivity index (χ1) is 9.84. The van der Waals surface area contributed by atoms with Gasteiger partial charge in [-0.15, -0.1) is 24.8 Å². The zero-order valence-electron chi connectivity index (χ0n) is 14.1. The van der Waals surface area contributed by atoms with Crippen LogP contribution in [-0.2, 0) is 6.54 Å². The summed E-state index contributed by atoms with van der Waals surface area (Å²) in [4.78, 5) is 6.96. The van der Waals surface area contributed by atoms with Crippen LogP contribution in [0.3, 0.4) is 0 Å². The first-order valence-electron chi connectivity index (χ1n) is 7.26. The van der Waals surface area contributed by atoms with E-state index in [1.54, 1.807) is 0 Å². The van der Waals surface area contributed by atoms with Crippen molar-refractivity contribution in [3.8, 4) is 0 Å². The van der Waals surface area contributed by atoms with Crippen LogP contribution >= 0.6 is 36.4 Å². The normalized spacial score (nSPS) is 11.3. The Morgan fingerprint density at radius 2 is 1.83 bits per heavy atom. The van der Waals surface area contributed by atoms with Crippen LogP contribution in [0.25, 0.3) is 10.9 Å². The summed E-state index contributed by atoms with van der Waals surface area (Å²) in [6.45, 7) is 8.70. The van der Waals surface area contributed by atoms with Gasteiger partial charge >= 0.3 is 0 Å². The number of nitrogens with two attached hydrogens (primary N) is 1. The molecule has 0 radical (unpaired) electrons. The lowest BCUT2D eigenvalue weighted by Crippen LogP contribution is -2.36. The van der Waals surface area contributed by atoms with Crippen LogP contribution in [0, 0.1) is 12.3 Å². The SMILES string of the molecule is Cc1c(Cl)c(CN(C)CC(C)(C)CN)nc2ccccc12.Cl.Cl. The number of benzene rings is 1. The van der Waals surface area contributed by atoms with Crippen molar-refractivity contribution in [1.29, 1.82) is 0 Å². The zero-order valence-corrected chi connectivity index (χ0v) is 16.5. The van der Waals surface area contributed by atoms with E-state index in [9.17, 15) is 0 Å². The molecule has 3 nitrogen and oxygen atoms in total. The molecule has 0 bridgehead atoms. The van der Waals surface area contributed by atoms with E-state index in [4.69, 9.17) is 22.3 Å². The van der Waals surface area contributed by atoms with Crippen LogP contribution in [0.2, 0.25) is 5.02 Å². The van der Waals surface area contributed by atoms with Gasteiger partial charge in [-0.25, -0.2) is 4.98 Å². The minimum Gasteiger partial charge on any atom is -0.330 e. The van der Waals surface area contributed by atoms with Gasteiger partial charge in [0.05, 0.1) is 16.2 Å². The first kappa shape index (κ1) is 22.4. The van der Waals surface area contributed by atoms with E-state index in [1.165, 1.54) is 0 Å². The van der Waals surface area contributed by atoms with Crippen LogP contribution in [0.1, 0.15) is 25.1 Å². The van der Waals surface area contributed by atoms with Crippen LogP contribution in [0.5, 0.6) is 0 Å². The summed E-state index contributed by atoms with van der Waals surface area (Å²) in [5, 5.41) is 1.89. The lowest BCUT2D eigenvalue weighted by molar-refractivity contribution is 0.208. The largest absolute Gasteiger partial charge is 0.330 e. The Kier molecular flexibility index (Phi) is 8.82. The number of hydrogen-bond donors (Lipinski definition) is 1. The summed E-state index contributed by atoms with van der Waals surface area (Å²) in [6, 6.07) is 8.12. The van der Waals surface area contributed by atoms with Crippen molar-refractivity contribution < 1.29 is 0 Å². The number of para-hydroxylation sites is 1. The van der Waals surface area contributed by atoms with Crippen LogP contribution in [0.4, 0.5) is 0 Å². The van der Waals surface area contributed by atoms with Gasteiger partial charge in [-0.1, -0.05) is 43.6 Å². The van der Waals surface area contributed by atoms with E-state index in [2.05, 4.69) is 38.8 Å². The molecule has 0 atom stereocenters. The fourth-order valence-electron chi connectivity index (χ4n) is 2.63. The van der Waals surface area contributed by atoms with Gasteiger partial charge in [0, 0.05) is 18.5 Å². The highest BCUT2D eigenvalue weighted by atomic mass is 35.5. The molecule has 2 N–H and O–H groups in total. The predicted octanol–water partition coefficient (Wildman–Crippen LogP) is 4.46. The van der Waals surface area contributed by atoms with E-state index in [-0.39, 0.29) is 30.2 Å². The van der Waals surface area contributed by atoms with Gasteiger partial charge in [0.25, 0.3) is 0 Å². The maximum atomic E-state index is 6.51. The van der Waals surface area contributed by atoms with Crippen molar-refractivity contribution in [1.82, 2.24) is 9.88 Å². The Labute approximate surface area is 156 Å². The number of aryl methyl sites for hydroxylation is 1. The lowest BCUT2D eigenvalue weighted by Gasteiger charge is -2.29. The molecular formula is C17H26Cl3N3. The van der Waals surface area contributed by atoms with E-state index >= 15 is 0 Å². The molecule has 2 rings (SSSR count). The third-order valence-corrected chi connectivity index (χ3v) is 4.32. The Morgan fingerprint density at radius 1 is 1.22 bits per heavy atom. The average molecular weight is 379 g/mol. The number of nitrogens with zero attached hydrogens (tertiary/aromatic N) is 2. The highest BCUT2D eigenvalue weighted by Crippen LogP contribution is 2.28. The highest BCUT2D eigenvalue weighted by Gasteiger charge is 2.19. The summed E-state index contributed by atoms with van der Waals surface area (Å²) in [6.07, 6.45) is 0. The second kappa shape index (κ2) is 9.05. The fourth-order valence-corrected chi connectivity index (χ4v) is 2.83. The van der Waals surface area contributed by atoms with Crippen LogP contribution in [-0.4, -0.2) is 30.0 Å².